The molecule has 1 aromatic heterocycles. The second kappa shape index (κ2) is 6.26. The van der Waals surface area contributed by atoms with Crippen molar-refractivity contribution in [2.24, 2.45) is 0 Å². The molecule has 0 bridgehead atoms. The summed E-state index contributed by atoms with van der Waals surface area (Å²) >= 11 is 3.23. The second-order valence-electron chi connectivity index (χ2n) is 4.72. The van der Waals surface area contributed by atoms with E-state index in [0.29, 0.717) is 17.3 Å². The number of pyridine rings is 1. The van der Waals surface area contributed by atoms with Gasteiger partial charge in [0.25, 0.3) is 5.78 Å². The van der Waals surface area contributed by atoms with Crippen molar-refractivity contribution in [3.05, 3.63) is 41.7 Å². The lowest BCUT2D eigenvalue weighted by Gasteiger charge is -2.23. The van der Waals surface area contributed by atoms with Crippen LogP contribution in [0, 0.1) is 0 Å². The van der Waals surface area contributed by atoms with Crippen LogP contribution in [-0.2, 0) is 19.9 Å². The Bertz CT molecular complexity index is 588. The number of amides is 1. The second-order valence-corrected chi connectivity index (χ2v) is 5.51. The number of nitrogens with one attached hydrogen (secondary N) is 1. The maximum atomic E-state index is 12.2. The van der Waals surface area contributed by atoms with Gasteiger partial charge in [-0.2, -0.15) is 0 Å². The number of hydrogen-bond donors (Lipinski definition) is 2. The molecule has 1 aliphatic heterocycles. The molecule has 1 aliphatic rings. The van der Waals surface area contributed by atoms with Crippen LogP contribution in [0.25, 0.3) is 0 Å². The molecule has 2 N–H and O–H groups in total. The molecule has 21 heavy (non-hydrogen) atoms. The first-order valence-corrected chi connectivity index (χ1v) is 7.54. The molecule has 1 amide bonds. The number of rotatable bonds is 5. The summed E-state index contributed by atoms with van der Waals surface area (Å²) in [6.07, 6.45) is 3.97. The number of Topliss-reactive ketones (excluding diaryl/α,β-unsaturated/α-hetero) is 1. The summed E-state index contributed by atoms with van der Waals surface area (Å²) in [5, 5.41) is 13.0. The van der Waals surface area contributed by atoms with E-state index in [1.165, 1.54) is 12.4 Å². The van der Waals surface area contributed by atoms with Gasteiger partial charge in [-0.3, -0.25) is 19.9 Å². The smallest absolute Gasteiger partial charge is 0.250 e. The SMILES string of the molecule is CC1(c2ccncc2)OC(NC(=O)CCCBr)=C(O)C1=O. The predicted octanol–water partition coefficient (Wildman–Crippen LogP) is 1.91. The van der Waals surface area contributed by atoms with E-state index < -0.39 is 17.1 Å². The summed E-state index contributed by atoms with van der Waals surface area (Å²) in [4.78, 5) is 27.8. The van der Waals surface area contributed by atoms with Crippen molar-refractivity contribution in [3.63, 3.8) is 0 Å². The molecule has 2 rings (SSSR count). The van der Waals surface area contributed by atoms with E-state index in [2.05, 4.69) is 26.2 Å². The molecular formula is C14H15BrN2O4. The van der Waals surface area contributed by atoms with Crippen LogP contribution in [0.2, 0.25) is 0 Å². The van der Waals surface area contributed by atoms with E-state index in [0.717, 1.165) is 0 Å². The lowest BCUT2D eigenvalue weighted by molar-refractivity contribution is -0.133. The summed E-state index contributed by atoms with van der Waals surface area (Å²) < 4.78 is 5.52. The van der Waals surface area contributed by atoms with Crippen molar-refractivity contribution >= 4 is 27.6 Å². The lowest BCUT2D eigenvalue weighted by atomic mass is 9.92. The van der Waals surface area contributed by atoms with Crippen LogP contribution in [-0.4, -0.2) is 27.1 Å². The highest BCUT2D eigenvalue weighted by Gasteiger charge is 2.48. The van der Waals surface area contributed by atoms with Gasteiger partial charge in [0.15, 0.2) is 5.60 Å². The minimum atomic E-state index is -1.36. The molecular weight excluding hydrogens is 340 g/mol. The Morgan fingerprint density at radius 2 is 2.14 bits per heavy atom. The molecule has 0 spiro atoms. The standard InChI is InChI=1S/C14H15BrN2O4/c1-14(9-4-7-16-8-5-9)12(20)11(19)13(21-14)17-10(18)3-2-6-15/h4-5,7-8,19H,2-3,6H2,1H3,(H,17,18). The maximum Gasteiger partial charge on any atom is 0.250 e. The van der Waals surface area contributed by atoms with Crippen molar-refractivity contribution in [1.29, 1.82) is 0 Å². The molecule has 1 atom stereocenters. The van der Waals surface area contributed by atoms with E-state index in [4.69, 9.17) is 4.74 Å². The summed E-state index contributed by atoms with van der Waals surface area (Å²) in [7, 11) is 0. The Balaban J connectivity index is 2.16. The average Bonchev–Trinajstić information content (AvgIpc) is 2.71. The van der Waals surface area contributed by atoms with E-state index in [1.807, 2.05) is 0 Å². The fraction of sp³-hybridized carbons (Fsp3) is 0.357. The molecule has 7 heteroatoms. The molecule has 0 aromatic carbocycles. The van der Waals surface area contributed by atoms with Gasteiger partial charge >= 0.3 is 0 Å². The van der Waals surface area contributed by atoms with Crippen LogP contribution >= 0.6 is 15.9 Å². The highest BCUT2D eigenvalue weighted by Crippen LogP contribution is 2.36. The Labute approximate surface area is 130 Å². The summed E-state index contributed by atoms with van der Waals surface area (Å²) in [6.45, 7) is 1.54. The molecule has 0 saturated carbocycles. The van der Waals surface area contributed by atoms with Crippen molar-refractivity contribution in [3.8, 4) is 0 Å². The Kier molecular flexibility index (Phi) is 4.62. The Morgan fingerprint density at radius 3 is 2.76 bits per heavy atom. The van der Waals surface area contributed by atoms with Gasteiger partial charge in [-0.15, -0.1) is 0 Å². The zero-order chi connectivity index (χ0) is 15.5. The van der Waals surface area contributed by atoms with Crippen molar-refractivity contribution in [1.82, 2.24) is 10.3 Å². The number of carbonyl (C=O) groups excluding carboxylic acids is 2. The molecule has 6 nitrogen and oxygen atoms in total. The number of carbonyl (C=O) groups is 2. The summed E-state index contributed by atoms with van der Waals surface area (Å²) in [5.74, 6) is -1.67. The van der Waals surface area contributed by atoms with Gasteiger partial charge in [-0.25, -0.2) is 0 Å². The van der Waals surface area contributed by atoms with Crippen molar-refractivity contribution < 1.29 is 19.4 Å². The number of alkyl halides is 1. The minimum Gasteiger partial charge on any atom is -0.501 e. The van der Waals surface area contributed by atoms with Crippen LogP contribution in [0.15, 0.2) is 36.2 Å². The third-order valence-electron chi connectivity index (χ3n) is 3.19. The zero-order valence-corrected chi connectivity index (χ0v) is 13.0. The van der Waals surface area contributed by atoms with Gasteiger partial charge < -0.3 is 9.84 Å². The van der Waals surface area contributed by atoms with E-state index >= 15 is 0 Å². The quantitative estimate of drug-likeness (QED) is 0.788. The highest BCUT2D eigenvalue weighted by atomic mass is 79.9. The molecule has 2 heterocycles. The average molecular weight is 355 g/mol. The molecule has 0 aliphatic carbocycles. The maximum absolute atomic E-state index is 12.2. The molecule has 0 fully saturated rings. The van der Waals surface area contributed by atoms with Gasteiger partial charge in [0.1, 0.15) is 0 Å². The highest BCUT2D eigenvalue weighted by molar-refractivity contribution is 9.09. The Hall–Kier alpha value is -1.89. The number of nitrogens with zero attached hydrogens (tertiary/aromatic N) is 1. The van der Waals surface area contributed by atoms with Crippen LogP contribution in [0.1, 0.15) is 25.3 Å². The van der Waals surface area contributed by atoms with Gasteiger partial charge in [-0.05, 0) is 25.5 Å². The van der Waals surface area contributed by atoms with Gasteiger partial charge in [0, 0.05) is 29.7 Å². The normalized spacial score (nSPS) is 21.3. The number of halogens is 1. The number of aliphatic hydroxyl groups excluding tert-OH is 1. The minimum absolute atomic E-state index is 0.195. The van der Waals surface area contributed by atoms with Gasteiger partial charge in [-0.1, -0.05) is 15.9 Å². The first-order chi connectivity index (χ1) is 9.99. The van der Waals surface area contributed by atoms with Crippen LogP contribution in [0.5, 0.6) is 0 Å². The third-order valence-corrected chi connectivity index (χ3v) is 3.75. The van der Waals surface area contributed by atoms with Crippen LogP contribution < -0.4 is 5.32 Å². The van der Waals surface area contributed by atoms with Crippen molar-refractivity contribution in [2.75, 3.05) is 5.33 Å². The van der Waals surface area contributed by atoms with Gasteiger partial charge in [0.2, 0.25) is 17.5 Å². The first kappa shape index (κ1) is 15.5. The molecule has 0 saturated heterocycles. The fourth-order valence-electron chi connectivity index (χ4n) is 1.99. The van der Waals surface area contributed by atoms with E-state index in [9.17, 15) is 14.7 Å². The van der Waals surface area contributed by atoms with Crippen LogP contribution in [0.4, 0.5) is 0 Å². The van der Waals surface area contributed by atoms with Gasteiger partial charge in [0.05, 0.1) is 0 Å². The van der Waals surface area contributed by atoms with Crippen molar-refractivity contribution in [2.45, 2.75) is 25.4 Å². The first-order valence-electron chi connectivity index (χ1n) is 6.42. The molecule has 0 radical (unpaired) electrons. The monoisotopic (exact) mass is 354 g/mol. The van der Waals surface area contributed by atoms with Crippen LogP contribution in [0.3, 0.4) is 0 Å². The topological polar surface area (TPSA) is 88.5 Å². The lowest BCUT2D eigenvalue weighted by Crippen LogP contribution is -2.32. The predicted molar refractivity (Wildman–Crippen MR) is 78.5 cm³/mol. The number of aromatic nitrogens is 1. The summed E-state index contributed by atoms with van der Waals surface area (Å²) in [6, 6.07) is 3.25. The number of ketones is 1. The third kappa shape index (κ3) is 3.07. The van der Waals surface area contributed by atoms with E-state index in [1.54, 1.807) is 19.1 Å². The molecule has 112 valence electrons. The van der Waals surface area contributed by atoms with E-state index in [-0.39, 0.29) is 18.2 Å². The molecule has 1 aromatic rings. The molecule has 1 unspecified atom stereocenters. The summed E-state index contributed by atoms with van der Waals surface area (Å²) in [5.41, 5.74) is -0.802. The number of ether oxygens (including phenoxy) is 1. The zero-order valence-electron chi connectivity index (χ0n) is 11.4. The largest absolute Gasteiger partial charge is 0.501 e. The number of hydrogen-bond acceptors (Lipinski definition) is 5. The fourth-order valence-corrected chi connectivity index (χ4v) is 2.27. The number of aliphatic hydroxyl groups is 1. The Morgan fingerprint density at radius 1 is 1.48 bits per heavy atom.